The first-order valence-corrected chi connectivity index (χ1v) is 13.5. The van der Waals surface area contributed by atoms with Crippen molar-refractivity contribution in [2.75, 3.05) is 10.2 Å². The van der Waals surface area contributed by atoms with Gasteiger partial charge in [0.1, 0.15) is 11.8 Å². The van der Waals surface area contributed by atoms with Crippen LogP contribution in [0.25, 0.3) is 0 Å². The van der Waals surface area contributed by atoms with Crippen molar-refractivity contribution in [3.8, 4) is 5.75 Å². The number of ether oxygens (including phenoxy) is 1. The zero-order valence-corrected chi connectivity index (χ0v) is 21.5. The molecule has 1 aliphatic heterocycles. The molecular weight excluding hydrogens is 518 g/mol. The molecule has 12 heteroatoms. The minimum Gasteiger partial charge on any atom is -0.427 e. The van der Waals surface area contributed by atoms with Crippen LogP contribution in [0.3, 0.4) is 0 Å². The number of esters is 1. The Labute approximate surface area is 217 Å². The fourth-order valence-electron chi connectivity index (χ4n) is 3.91. The SMILES string of the molecule is CC(=O)Nc1ccc(S(=O)(=O)N(Cc2cccs2)C2CC(=O)N(c3ccc(OC(C)=O)cc3)C2=O)cc1. The fourth-order valence-corrected chi connectivity index (χ4v) is 6.25. The Bertz CT molecular complexity index is 1430. The van der Waals surface area contributed by atoms with Gasteiger partial charge in [0.15, 0.2) is 0 Å². The van der Waals surface area contributed by atoms with Crippen LogP contribution in [0, 0.1) is 0 Å². The second kappa shape index (κ2) is 10.6. The summed E-state index contributed by atoms with van der Waals surface area (Å²) in [5, 5.41) is 4.37. The molecule has 1 fully saturated rings. The maximum absolute atomic E-state index is 13.7. The first-order valence-electron chi connectivity index (χ1n) is 11.1. The molecule has 192 valence electrons. The Morgan fingerprint density at radius 3 is 2.30 bits per heavy atom. The fraction of sp³-hybridized carbons (Fsp3) is 0.200. The predicted molar refractivity (Wildman–Crippen MR) is 136 cm³/mol. The van der Waals surface area contributed by atoms with Crippen molar-refractivity contribution in [3.05, 3.63) is 70.9 Å². The monoisotopic (exact) mass is 541 g/mol. The molecule has 0 radical (unpaired) electrons. The number of sulfonamides is 1. The Hall–Kier alpha value is -3.87. The molecule has 1 saturated heterocycles. The van der Waals surface area contributed by atoms with Gasteiger partial charge in [-0.3, -0.25) is 19.2 Å². The molecule has 4 rings (SSSR count). The standard InChI is InChI=1S/C25H23N3O7S2/c1-16(29)26-18-5-11-22(12-6-18)37(33,34)27(15-21-4-3-13-36-21)23-14-24(31)28(25(23)32)19-7-9-20(10-8-19)35-17(2)30/h3-13,23H,14-15H2,1-2H3,(H,26,29). The van der Waals surface area contributed by atoms with E-state index in [-0.39, 0.29) is 35.2 Å². The number of carbonyl (C=O) groups excluding carboxylic acids is 4. The number of nitrogens with one attached hydrogen (secondary N) is 1. The van der Waals surface area contributed by atoms with Gasteiger partial charge in [-0.15, -0.1) is 11.3 Å². The molecule has 3 aromatic rings. The van der Waals surface area contributed by atoms with Gasteiger partial charge in [-0.05, 0) is 60.0 Å². The average molecular weight is 542 g/mol. The molecule has 2 aromatic carbocycles. The largest absolute Gasteiger partial charge is 0.427 e. The van der Waals surface area contributed by atoms with Gasteiger partial charge in [0.05, 0.1) is 17.0 Å². The van der Waals surface area contributed by atoms with E-state index in [1.807, 2.05) is 0 Å². The van der Waals surface area contributed by atoms with Crippen LogP contribution < -0.4 is 15.0 Å². The lowest BCUT2D eigenvalue weighted by molar-refractivity contribution is -0.132. The molecule has 0 spiro atoms. The van der Waals surface area contributed by atoms with Crippen molar-refractivity contribution in [1.82, 2.24) is 4.31 Å². The van der Waals surface area contributed by atoms with Gasteiger partial charge in [0, 0.05) is 31.0 Å². The predicted octanol–water partition coefficient (Wildman–Crippen LogP) is 3.15. The summed E-state index contributed by atoms with van der Waals surface area (Å²) >= 11 is 1.33. The highest BCUT2D eigenvalue weighted by molar-refractivity contribution is 7.89. The second-order valence-electron chi connectivity index (χ2n) is 8.21. The van der Waals surface area contributed by atoms with E-state index >= 15 is 0 Å². The maximum atomic E-state index is 13.7. The van der Waals surface area contributed by atoms with E-state index in [0.717, 1.165) is 9.21 Å². The third-order valence-corrected chi connectivity index (χ3v) is 8.23. The van der Waals surface area contributed by atoms with Gasteiger partial charge in [-0.2, -0.15) is 4.31 Å². The highest BCUT2D eigenvalue weighted by Crippen LogP contribution is 2.32. The van der Waals surface area contributed by atoms with Crippen LogP contribution in [0.2, 0.25) is 0 Å². The van der Waals surface area contributed by atoms with E-state index in [4.69, 9.17) is 4.74 Å². The lowest BCUT2D eigenvalue weighted by Gasteiger charge is -2.26. The number of hydrogen-bond donors (Lipinski definition) is 1. The number of hydrogen-bond acceptors (Lipinski definition) is 8. The zero-order chi connectivity index (χ0) is 26.7. The molecule has 1 atom stereocenters. The summed E-state index contributed by atoms with van der Waals surface area (Å²) in [6, 6.07) is 13.7. The highest BCUT2D eigenvalue weighted by Gasteiger charge is 2.47. The van der Waals surface area contributed by atoms with Crippen molar-refractivity contribution >= 4 is 56.4 Å². The summed E-state index contributed by atoms with van der Waals surface area (Å²) in [4.78, 5) is 50.4. The minimum absolute atomic E-state index is 0.0809. The number of nitrogens with zero attached hydrogens (tertiary/aromatic N) is 2. The van der Waals surface area contributed by atoms with Gasteiger partial charge in [0.25, 0.3) is 5.91 Å². The van der Waals surface area contributed by atoms with E-state index in [9.17, 15) is 27.6 Å². The van der Waals surface area contributed by atoms with Gasteiger partial charge in [-0.1, -0.05) is 6.07 Å². The first kappa shape index (κ1) is 26.2. The molecule has 3 amide bonds. The molecule has 0 bridgehead atoms. The molecule has 1 unspecified atom stereocenters. The van der Waals surface area contributed by atoms with E-state index in [2.05, 4.69) is 5.32 Å². The Morgan fingerprint density at radius 1 is 1.05 bits per heavy atom. The van der Waals surface area contributed by atoms with Crippen LogP contribution in [0.15, 0.2) is 70.9 Å². The van der Waals surface area contributed by atoms with Crippen LogP contribution in [0.4, 0.5) is 11.4 Å². The number of carbonyl (C=O) groups is 4. The Kier molecular flexibility index (Phi) is 7.52. The van der Waals surface area contributed by atoms with Crippen LogP contribution in [0.1, 0.15) is 25.1 Å². The van der Waals surface area contributed by atoms with E-state index in [1.54, 1.807) is 17.5 Å². The molecule has 10 nitrogen and oxygen atoms in total. The highest BCUT2D eigenvalue weighted by atomic mass is 32.2. The molecule has 1 aromatic heterocycles. The van der Waals surface area contributed by atoms with Crippen LogP contribution in [-0.4, -0.2) is 42.5 Å². The normalized spacial score (nSPS) is 15.8. The number of thiophene rings is 1. The summed E-state index contributed by atoms with van der Waals surface area (Å²) in [7, 11) is -4.22. The number of benzene rings is 2. The van der Waals surface area contributed by atoms with Gasteiger partial charge >= 0.3 is 5.97 Å². The lowest BCUT2D eigenvalue weighted by Crippen LogP contribution is -2.44. The molecule has 1 aliphatic rings. The van der Waals surface area contributed by atoms with E-state index in [0.29, 0.717) is 10.6 Å². The number of imide groups is 1. The van der Waals surface area contributed by atoms with E-state index < -0.39 is 33.8 Å². The number of anilines is 2. The smallest absolute Gasteiger partial charge is 0.308 e. The molecule has 0 saturated carbocycles. The third-order valence-electron chi connectivity index (χ3n) is 5.50. The van der Waals surface area contributed by atoms with Crippen molar-refractivity contribution < 1.29 is 32.3 Å². The Morgan fingerprint density at radius 2 is 1.73 bits per heavy atom. The summed E-state index contributed by atoms with van der Waals surface area (Å²) in [6.45, 7) is 2.49. The molecule has 1 N–H and O–H groups in total. The first-order chi connectivity index (χ1) is 17.6. The number of rotatable bonds is 8. The lowest BCUT2D eigenvalue weighted by atomic mass is 10.2. The third kappa shape index (κ3) is 5.77. The quantitative estimate of drug-likeness (QED) is 0.263. The van der Waals surface area contributed by atoms with Crippen molar-refractivity contribution in [2.24, 2.45) is 0 Å². The maximum Gasteiger partial charge on any atom is 0.308 e. The van der Waals surface area contributed by atoms with Gasteiger partial charge in [-0.25, -0.2) is 13.3 Å². The minimum atomic E-state index is -4.22. The Balaban J connectivity index is 1.66. The average Bonchev–Trinajstić information content (AvgIpc) is 3.45. The van der Waals surface area contributed by atoms with Crippen LogP contribution >= 0.6 is 11.3 Å². The second-order valence-corrected chi connectivity index (χ2v) is 11.1. The van der Waals surface area contributed by atoms with Crippen molar-refractivity contribution in [1.29, 1.82) is 0 Å². The molecule has 0 aliphatic carbocycles. The van der Waals surface area contributed by atoms with Crippen LogP contribution in [-0.2, 0) is 35.7 Å². The topological polar surface area (TPSA) is 130 Å². The molecule has 37 heavy (non-hydrogen) atoms. The molecule has 2 heterocycles. The summed E-state index contributed by atoms with van der Waals surface area (Å²) < 4.78 is 33.5. The summed E-state index contributed by atoms with van der Waals surface area (Å²) in [5.74, 6) is -1.80. The summed E-state index contributed by atoms with van der Waals surface area (Å²) in [6.07, 6.45) is -0.334. The van der Waals surface area contributed by atoms with Crippen molar-refractivity contribution in [3.63, 3.8) is 0 Å². The van der Waals surface area contributed by atoms with Gasteiger partial charge in [0.2, 0.25) is 21.8 Å². The summed E-state index contributed by atoms with van der Waals surface area (Å²) in [5.41, 5.74) is 0.660. The number of amides is 3. The van der Waals surface area contributed by atoms with E-state index in [1.165, 1.54) is 73.7 Å². The zero-order valence-electron chi connectivity index (χ0n) is 19.9. The van der Waals surface area contributed by atoms with Crippen molar-refractivity contribution in [2.45, 2.75) is 37.8 Å². The molecular formula is C25H23N3O7S2. The van der Waals surface area contributed by atoms with Crippen LogP contribution in [0.5, 0.6) is 5.75 Å². The van der Waals surface area contributed by atoms with Gasteiger partial charge < -0.3 is 10.1 Å².